The Bertz CT molecular complexity index is 1500. The van der Waals surface area contributed by atoms with E-state index in [9.17, 15) is 31.2 Å². The average molecular weight is 579 g/mol. The molecule has 0 saturated heterocycles. The third kappa shape index (κ3) is 7.97. The molecule has 14 heteroatoms. The van der Waals surface area contributed by atoms with Crippen LogP contribution in [0.15, 0.2) is 48.8 Å². The second kappa shape index (κ2) is 12.4. The maximum atomic E-state index is 13.7. The Morgan fingerprint density at radius 3 is 2.48 bits per heavy atom. The first-order chi connectivity index (χ1) is 18.7. The first-order valence-corrected chi connectivity index (χ1v) is 14.0. The highest BCUT2D eigenvalue weighted by molar-refractivity contribution is 7.90. The summed E-state index contributed by atoms with van der Waals surface area (Å²) in [6.45, 7) is 1.11. The van der Waals surface area contributed by atoms with Crippen LogP contribution in [-0.2, 0) is 33.8 Å². The van der Waals surface area contributed by atoms with E-state index in [4.69, 9.17) is 0 Å². The minimum atomic E-state index is -4.75. The molecule has 0 aliphatic carbocycles. The summed E-state index contributed by atoms with van der Waals surface area (Å²) in [6, 6.07) is 9.50. The molecular weight excluding hydrogens is 549 g/mol. The van der Waals surface area contributed by atoms with Gasteiger partial charge in [0, 0.05) is 51.3 Å². The number of aromatic nitrogens is 3. The average Bonchev–Trinajstić information content (AvgIpc) is 2.89. The second-order valence-corrected chi connectivity index (χ2v) is 11.6. The van der Waals surface area contributed by atoms with Gasteiger partial charge in [0.2, 0.25) is 5.91 Å². The van der Waals surface area contributed by atoms with Crippen LogP contribution in [0.25, 0.3) is 0 Å². The summed E-state index contributed by atoms with van der Waals surface area (Å²) >= 11 is 0. The van der Waals surface area contributed by atoms with E-state index in [0.717, 1.165) is 6.26 Å². The number of carbonyl (C=O) groups is 2. The predicted octanol–water partition coefficient (Wildman–Crippen LogP) is 3.02. The largest absolute Gasteiger partial charge is 0.421 e. The molecule has 2 heterocycles. The number of sulfone groups is 1. The number of hydrogen-bond donors (Lipinski definition) is 2. The van der Waals surface area contributed by atoms with E-state index in [1.54, 1.807) is 44.4 Å². The van der Waals surface area contributed by atoms with E-state index in [2.05, 4.69) is 25.6 Å². The summed E-state index contributed by atoms with van der Waals surface area (Å²) in [7, 11) is -0.372. The highest BCUT2D eigenvalue weighted by Gasteiger charge is 2.35. The molecule has 0 aliphatic rings. The lowest BCUT2D eigenvalue weighted by atomic mass is 10.1. The number of hydrogen-bond acceptors (Lipinski definition) is 8. The lowest BCUT2D eigenvalue weighted by molar-refractivity contribution is -0.137. The van der Waals surface area contributed by atoms with E-state index < -0.39 is 38.6 Å². The van der Waals surface area contributed by atoms with Crippen LogP contribution in [-0.4, -0.2) is 67.0 Å². The van der Waals surface area contributed by atoms with Gasteiger partial charge in [0.1, 0.15) is 22.5 Å². The van der Waals surface area contributed by atoms with Gasteiger partial charge in [-0.15, -0.1) is 0 Å². The molecular formula is C26H29F3N6O4S. The minimum Gasteiger partial charge on any atom is -0.365 e. The molecule has 10 nitrogen and oxygen atoms in total. The van der Waals surface area contributed by atoms with Gasteiger partial charge in [-0.2, -0.15) is 13.2 Å². The molecule has 3 aromatic rings. The molecule has 0 fully saturated rings. The van der Waals surface area contributed by atoms with Gasteiger partial charge < -0.3 is 15.5 Å². The normalized spacial score (nSPS) is 12.5. The van der Waals surface area contributed by atoms with Crippen molar-refractivity contribution in [1.29, 1.82) is 0 Å². The lowest BCUT2D eigenvalue weighted by Gasteiger charge is -2.17. The van der Waals surface area contributed by atoms with Crippen molar-refractivity contribution in [1.82, 2.24) is 25.2 Å². The fraction of sp³-hybridized carbons (Fsp3) is 0.346. The third-order valence-corrected chi connectivity index (χ3v) is 7.50. The molecule has 40 heavy (non-hydrogen) atoms. The van der Waals surface area contributed by atoms with Crippen LogP contribution in [0.5, 0.6) is 0 Å². The predicted molar refractivity (Wildman–Crippen MR) is 142 cm³/mol. The molecule has 214 valence electrons. The van der Waals surface area contributed by atoms with Crippen molar-refractivity contribution in [2.45, 2.75) is 31.3 Å². The van der Waals surface area contributed by atoms with E-state index in [1.165, 1.54) is 24.1 Å². The monoisotopic (exact) mass is 578 g/mol. The van der Waals surface area contributed by atoms with E-state index >= 15 is 0 Å². The summed E-state index contributed by atoms with van der Waals surface area (Å²) < 4.78 is 65.3. The van der Waals surface area contributed by atoms with E-state index in [-0.39, 0.29) is 42.5 Å². The van der Waals surface area contributed by atoms with Gasteiger partial charge in [0.25, 0.3) is 5.91 Å². The molecule has 0 aliphatic heterocycles. The number of anilines is 1. The zero-order valence-electron chi connectivity index (χ0n) is 22.3. The standard InChI is InChI=1S/C26H29F3N6O4S/c1-16(40(4,38)39)23-19(9-6-10-30-23)13-32-24-20(26(27,28)29)14-31-21(34-24)12-17-7-5-8-18(11-17)25(37)33-15-22(36)35(2)3/h5-11,14,16H,12-13,15H2,1-4H3,(H,33,37)(H,31,32,34). The Hall–Kier alpha value is -4.07. The van der Waals surface area contributed by atoms with Gasteiger partial charge in [-0.05, 0) is 36.2 Å². The Balaban J connectivity index is 1.84. The first kappa shape index (κ1) is 30.5. The minimum absolute atomic E-state index is 0.0216. The van der Waals surface area contributed by atoms with Crippen LogP contribution in [0.4, 0.5) is 19.0 Å². The Labute approximate surface area is 230 Å². The van der Waals surface area contributed by atoms with Crippen LogP contribution in [0.3, 0.4) is 0 Å². The van der Waals surface area contributed by atoms with Crippen molar-refractivity contribution in [2.24, 2.45) is 0 Å². The summed E-state index contributed by atoms with van der Waals surface area (Å²) in [5, 5.41) is 4.23. The van der Waals surface area contributed by atoms with Crippen LogP contribution in [0.1, 0.15) is 50.7 Å². The van der Waals surface area contributed by atoms with Crippen LogP contribution >= 0.6 is 0 Å². The Kier molecular flexibility index (Phi) is 9.45. The number of nitrogens with one attached hydrogen (secondary N) is 2. The van der Waals surface area contributed by atoms with Crippen LogP contribution < -0.4 is 10.6 Å². The quantitative estimate of drug-likeness (QED) is 0.375. The number of nitrogens with zero attached hydrogens (tertiary/aromatic N) is 4. The van der Waals surface area contributed by atoms with Crippen molar-refractivity contribution in [3.05, 3.63) is 82.6 Å². The molecule has 0 radical (unpaired) electrons. The molecule has 2 amide bonds. The molecule has 1 atom stereocenters. The Morgan fingerprint density at radius 2 is 1.82 bits per heavy atom. The number of alkyl halides is 3. The summed E-state index contributed by atoms with van der Waals surface area (Å²) in [4.78, 5) is 37.6. The smallest absolute Gasteiger partial charge is 0.365 e. The SMILES string of the molecule is CC(c1ncccc1CNc1nc(Cc2cccc(C(=O)NCC(=O)N(C)C)c2)ncc1C(F)(F)F)S(C)(=O)=O. The van der Waals surface area contributed by atoms with Crippen molar-refractivity contribution in [3.8, 4) is 0 Å². The van der Waals surface area contributed by atoms with E-state index in [1.807, 2.05) is 0 Å². The molecule has 3 rings (SSSR count). The van der Waals surface area contributed by atoms with Crippen LogP contribution in [0, 0.1) is 0 Å². The van der Waals surface area contributed by atoms with Crippen LogP contribution in [0.2, 0.25) is 0 Å². The zero-order chi connectivity index (χ0) is 29.7. The molecule has 2 aromatic heterocycles. The molecule has 0 bridgehead atoms. The van der Waals surface area contributed by atoms with Gasteiger partial charge in [-0.3, -0.25) is 14.6 Å². The highest BCUT2D eigenvalue weighted by Crippen LogP contribution is 2.34. The van der Waals surface area contributed by atoms with Gasteiger partial charge in [-0.25, -0.2) is 18.4 Å². The van der Waals surface area contributed by atoms with Crippen molar-refractivity contribution < 1.29 is 31.2 Å². The van der Waals surface area contributed by atoms with Gasteiger partial charge in [0.15, 0.2) is 9.84 Å². The number of carbonyl (C=O) groups excluding carboxylic acids is 2. The van der Waals surface area contributed by atoms with Gasteiger partial charge >= 0.3 is 6.18 Å². The second-order valence-electron chi connectivity index (χ2n) is 9.27. The summed E-state index contributed by atoms with van der Waals surface area (Å²) in [5.74, 6) is -1.18. The third-order valence-electron chi connectivity index (χ3n) is 5.99. The van der Waals surface area contributed by atoms with E-state index in [0.29, 0.717) is 17.3 Å². The Morgan fingerprint density at radius 1 is 1.10 bits per heavy atom. The topological polar surface area (TPSA) is 134 Å². The molecule has 0 saturated carbocycles. The fourth-order valence-electron chi connectivity index (χ4n) is 3.61. The number of likely N-dealkylation sites (N-methyl/N-ethyl adjacent to an activating group) is 1. The summed E-state index contributed by atoms with van der Waals surface area (Å²) in [6.07, 6.45) is -1.57. The molecule has 2 N–H and O–H groups in total. The van der Waals surface area contributed by atoms with Gasteiger partial charge in [-0.1, -0.05) is 18.2 Å². The molecule has 1 unspecified atom stereocenters. The number of benzene rings is 1. The number of amides is 2. The van der Waals surface area contributed by atoms with Gasteiger partial charge in [0.05, 0.1) is 12.2 Å². The number of halogens is 3. The fourth-order valence-corrected chi connectivity index (χ4v) is 4.23. The zero-order valence-corrected chi connectivity index (χ0v) is 23.1. The number of rotatable bonds is 10. The van der Waals surface area contributed by atoms with Crippen molar-refractivity contribution >= 4 is 27.5 Å². The number of pyridine rings is 1. The highest BCUT2D eigenvalue weighted by atomic mass is 32.2. The van der Waals surface area contributed by atoms with Crippen molar-refractivity contribution in [3.63, 3.8) is 0 Å². The summed E-state index contributed by atoms with van der Waals surface area (Å²) in [5.41, 5.74) is 0.367. The van der Waals surface area contributed by atoms with Crippen molar-refractivity contribution in [2.75, 3.05) is 32.2 Å². The first-order valence-electron chi connectivity index (χ1n) is 12.0. The lowest BCUT2D eigenvalue weighted by Crippen LogP contribution is -2.36. The maximum Gasteiger partial charge on any atom is 0.421 e. The molecule has 0 spiro atoms. The molecule has 1 aromatic carbocycles. The maximum absolute atomic E-state index is 13.7.